The number of nitrogens with zero attached hydrogens (tertiary/aromatic N) is 4. The third-order valence-electron chi connectivity index (χ3n) is 15.4. The lowest BCUT2D eigenvalue weighted by atomic mass is 9.82. The zero-order valence-corrected chi connectivity index (χ0v) is 44.3. The molecule has 4 nitrogen and oxygen atoms in total. The van der Waals surface area contributed by atoms with Crippen LogP contribution in [0.15, 0.2) is 315 Å². The number of rotatable bonds is 14. The number of benzene rings is 12. The molecule has 0 saturated carbocycles. The summed E-state index contributed by atoms with van der Waals surface area (Å²) in [5.74, 6) is 0. The second kappa shape index (κ2) is 21.1. The molecular formula is C75H58N4. The molecule has 79 heavy (non-hydrogen) atoms. The first-order valence-electron chi connectivity index (χ1n) is 27.2. The van der Waals surface area contributed by atoms with Crippen molar-refractivity contribution < 1.29 is 0 Å². The molecule has 0 unspecified atom stereocenters. The molecule has 13 rings (SSSR count). The predicted octanol–water partition coefficient (Wildman–Crippen LogP) is 21.2. The largest absolute Gasteiger partial charge is 0.311 e. The maximum absolute atomic E-state index is 2.41. The van der Waals surface area contributed by atoms with Crippen LogP contribution in [0.5, 0.6) is 0 Å². The van der Waals surface area contributed by atoms with Gasteiger partial charge in [-0.15, -0.1) is 0 Å². The second-order valence-electron chi connectivity index (χ2n) is 20.6. The van der Waals surface area contributed by atoms with Crippen molar-refractivity contribution in [2.45, 2.75) is 19.3 Å². The van der Waals surface area contributed by atoms with Crippen molar-refractivity contribution >= 4 is 68.2 Å². The highest BCUT2D eigenvalue weighted by atomic mass is 15.2. The first-order valence-corrected chi connectivity index (χ1v) is 27.2. The molecule has 0 fully saturated rings. The molecule has 0 atom stereocenters. The van der Waals surface area contributed by atoms with Crippen molar-refractivity contribution in [2.75, 3.05) is 19.6 Å². The second-order valence-corrected chi connectivity index (χ2v) is 20.6. The molecule has 0 N–H and O–H groups in total. The van der Waals surface area contributed by atoms with E-state index in [1.807, 2.05) is 0 Å². The van der Waals surface area contributed by atoms with Crippen LogP contribution in [0.2, 0.25) is 0 Å². The first kappa shape index (κ1) is 48.5. The number of fused-ring (bicyclic) bond motifs is 3. The average molecular weight is 1020 g/mol. The van der Waals surface area contributed by atoms with E-state index in [0.717, 1.165) is 90.5 Å². The highest BCUT2D eigenvalue weighted by Gasteiger charge is 2.36. The summed E-state index contributed by atoms with van der Waals surface area (Å²) in [6, 6.07) is 114. The lowest BCUT2D eigenvalue weighted by molar-refractivity contribution is 0.660. The number of hydrogen-bond acceptors (Lipinski definition) is 4. The summed E-state index contributed by atoms with van der Waals surface area (Å²) in [6.45, 7) is 4.71. The van der Waals surface area contributed by atoms with Gasteiger partial charge in [0.15, 0.2) is 0 Å². The Labute approximate surface area is 464 Å². The third kappa shape index (κ3) is 9.51. The fourth-order valence-corrected chi connectivity index (χ4v) is 11.5. The minimum absolute atomic E-state index is 0.137. The number of para-hydroxylation sites is 5. The molecule has 1 aliphatic carbocycles. The summed E-state index contributed by atoms with van der Waals surface area (Å²) in [4.78, 5) is 9.32. The van der Waals surface area contributed by atoms with E-state index in [4.69, 9.17) is 0 Å². The van der Waals surface area contributed by atoms with Crippen LogP contribution >= 0.6 is 0 Å². The van der Waals surface area contributed by atoms with Gasteiger partial charge >= 0.3 is 0 Å². The molecular weight excluding hydrogens is 957 g/mol. The fourth-order valence-electron chi connectivity index (χ4n) is 11.5. The van der Waals surface area contributed by atoms with E-state index in [1.54, 1.807) is 0 Å². The van der Waals surface area contributed by atoms with Crippen molar-refractivity contribution in [1.82, 2.24) is 0 Å². The van der Waals surface area contributed by atoms with E-state index in [9.17, 15) is 0 Å². The van der Waals surface area contributed by atoms with Gasteiger partial charge in [-0.05, 0) is 190 Å². The molecule has 0 aromatic heterocycles. The predicted molar refractivity (Wildman–Crippen MR) is 334 cm³/mol. The Morgan fingerprint density at radius 2 is 0.405 bits per heavy atom. The molecule has 0 saturated heterocycles. The molecule has 0 bridgehead atoms. The summed E-state index contributed by atoms with van der Waals surface area (Å²) in [5.41, 5.74) is 23.0. The highest BCUT2D eigenvalue weighted by molar-refractivity contribution is 5.88. The Morgan fingerprint density at radius 3 is 0.709 bits per heavy atom. The van der Waals surface area contributed by atoms with Gasteiger partial charge in [0.2, 0.25) is 0 Å². The summed E-state index contributed by atoms with van der Waals surface area (Å²) in [7, 11) is 0. The van der Waals surface area contributed by atoms with E-state index in [0.29, 0.717) is 0 Å². The Hall–Kier alpha value is -10.2. The fraction of sp³-hybridized carbons (Fsp3) is 0.0400. The van der Waals surface area contributed by atoms with E-state index in [2.05, 4.69) is 349 Å². The Morgan fingerprint density at radius 1 is 0.190 bits per heavy atom. The van der Waals surface area contributed by atoms with Crippen molar-refractivity contribution in [1.29, 1.82) is 0 Å². The lowest BCUT2D eigenvalue weighted by Gasteiger charge is -2.28. The molecule has 0 aliphatic heterocycles. The first-order chi connectivity index (χ1) is 38.9. The summed E-state index contributed by atoms with van der Waals surface area (Å²) in [6.07, 6.45) is 0. The maximum Gasteiger partial charge on any atom is 0.0465 e. The van der Waals surface area contributed by atoms with Crippen LogP contribution in [-0.4, -0.2) is 0 Å². The molecule has 0 heterocycles. The molecule has 12 aromatic carbocycles. The molecule has 0 radical (unpaired) electrons. The normalized spacial score (nSPS) is 12.0. The van der Waals surface area contributed by atoms with Crippen LogP contribution < -0.4 is 19.6 Å². The minimum Gasteiger partial charge on any atom is -0.311 e. The van der Waals surface area contributed by atoms with Gasteiger partial charge in [-0.3, -0.25) is 0 Å². The van der Waals surface area contributed by atoms with Crippen LogP contribution in [0.3, 0.4) is 0 Å². The van der Waals surface area contributed by atoms with Gasteiger partial charge in [0.05, 0.1) is 0 Å². The van der Waals surface area contributed by atoms with E-state index in [1.165, 1.54) is 22.3 Å². The Bertz CT molecular complexity index is 3900. The molecule has 12 aromatic rings. The van der Waals surface area contributed by atoms with Gasteiger partial charge in [0, 0.05) is 73.7 Å². The average Bonchev–Trinajstić information content (AvgIpc) is 4.04. The van der Waals surface area contributed by atoms with Crippen LogP contribution in [0.4, 0.5) is 68.2 Å². The van der Waals surface area contributed by atoms with Gasteiger partial charge < -0.3 is 19.6 Å². The maximum atomic E-state index is 2.41. The van der Waals surface area contributed by atoms with E-state index < -0.39 is 0 Å². The monoisotopic (exact) mass is 1010 g/mol. The van der Waals surface area contributed by atoms with Gasteiger partial charge in [-0.25, -0.2) is 0 Å². The van der Waals surface area contributed by atoms with E-state index >= 15 is 0 Å². The third-order valence-corrected chi connectivity index (χ3v) is 15.4. The quantitative estimate of drug-likeness (QED) is 0.108. The minimum atomic E-state index is -0.137. The number of hydrogen-bond donors (Lipinski definition) is 0. The summed E-state index contributed by atoms with van der Waals surface area (Å²) >= 11 is 0. The summed E-state index contributed by atoms with van der Waals surface area (Å²) < 4.78 is 0. The molecule has 0 amide bonds. The topological polar surface area (TPSA) is 13.0 Å². The van der Waals surface area contributed by atoms with Crippen LogP contribution in [0.1, 0.15) is 25.0 Å². The zero-order valence-electron chi connectivity index (χ0n) is 44.3. The van der Waals surface area contributed by atoms with Gasteiger partial charge in [-0.2, -0.15) is 0 Å². The van der Waals surface area contributed by atoms with Crippen molar-refractivity contribution in [3.8, 4) is 33.4 Å². The van der Waals surface area contributed by atoms with Gasteiger partial charge in [-0.1, -0.05) is 184 Å². The Kier molecular flexibility index (Phi) is 13.0. The lowest BCUT2D eigenvalue weighted by Crippen LogP contribution is -2.16. The number of anilines is 12. The molecule has 1 aliphatic rings. The van der Waals surface area contributed by atoms with Gasteiger partial charge in [0.25, 0.3) is 0 Å². The van der Waals surface area contributed by atoms with Crippen LogP contribution in [0, 0.1) is 0 Å². The molecule has 4 heteroatoms. The van der Waals surface area contributed by atoms with Gasteiger partial charge in [0.1, 0.15) is 0 Å². The highest BCUT2D eigenvalue weighted by Crippen LogP contribution is 2.51. The zero-order chi connectivity index (χ0) is 53.1. The molecule has 378 valence electrons. The van der Waals surface area contributed by atoms with Crippen molar-refractivity contribution in [2.24, 2.45) is 0 Å². The molecule has 0 spiro atoms. The van der Waals surface area contributed by atoms with Crippen molar-refractivity contribution in [3.63, 3.8) is 0 Å². The van der Waals surface area contributed by atoms with Crippen LogP contribution in [-0.2, 0) is 5.41 Å². The van der Waals surface area contributed by atoms with E-state index in [-0.39, 0.29) is 5.41 Å². The standard InChI is InChI=1S/C75H58N4/c1-75(2)73-31-19-18-30-71(73)72-53-52-70(54-74(72)75)79(66-44-36-57(37-45-66)55-32-40-64(41-33-55)76(59-20-8-3-9-21-59)60-22-10-4-11-23-60)67-46-38-58(39-47-67)56-34-42-65(43-35-56)78(63-28-16-7-17-29-63)69-50-48-68(49-51-69)77(61-24-12-5-13-25-61)62-26-14-6-15-27-62/h3-54H,1-2H3. The summed E-state index contributed by atoms with van der Waals surface area (Å²) in [5, 5.41) is 0. The smallest absolute Gasteiger partial charge is 0.0465 e. The van der Waals surface area contributed by atoms with Crippen LogP contribution in [0.25, 0.3) is 33.4 Å². The van der Waals surface area contributed by atoms with Crippen molar-refractivity contribution in [3.05, 3.63) is 327 Å². The Balaban J connectivity index is 0.810. The SMILES string of the molecule is CC1(C)c2ccccc2-c2ccc(N(c3ccc(-c4ccc(N(c5ccccc5)c5ccccc5)cc4)cc3)c3ccc(-c4ccc(N(c5ccccc5)c5ccc(N(c6ccccc6)c6ccccc6)cc5)cc4)cc3)cc21.